The molecule has 0 fully saturated rings. The highest BCUT2D eigenvalue weighted by Gasteiger charge is 2.21. The molecule has 2 amide bonds. The van der Waals surface area contributed by atoms with Crippen LogP contribution in [0.3, 0.4) is 0 Å². The zero-order chi connectivity index (χ0) is 19.2. The van der Waals surface area contributed by atoms with Crippen molar-refractivity contribution < 1.29 is 18.7 Å². The van der Waals surface area contributed by atoms with E-state index in [-0.39, 0.29) is 30.8 Å². The highest BCUT2D eigenvalue weighted by molar-refractivity contribution is 5.97. The number of nitrogens with one attached hydrogen (secondary N) is 1. The van der Waals surface area contributed by atoms with Crippen LogP contribution in [0.5, 0.6) is 5.75 Å². The smallest absolute Gasteiger partial charge is 0.260 e. The average molecular weight is 368 g/mol. The summed E-state index contributed by atoms with van der Waals surface area (Å²) >= 11 is 0. The number of nitrogens with zero attached hydrogens (tertiary/aromatic N) is 1. The molecule has 27 heavy (non-hydrogen) atoms. The molecule has 0 radical (unpaired) electrons. The van der Waals surface area contributed by atoms with E-state index in [2.05, 4.69) is 5.32 Å². The van der Waals surface area contributed by atoms with Gasteiger partial charge in [-0.2, -0.15) is 0 Å². The van der Waals surface area contributed by atoms with Gasteiger partial charge < -0.3 is 15.0 Å². The molecule has 0 bridgehead atoms. The fraction of sp³-hybridized carbons (Fsp3) is 0.238. The Morgan fingerprint density at radius 3 is 2.81 bits per heavy atom. The molecule has 1 N–H and O–H groups in total. The molecule has 3 rings (SSSR count). The number of rotatable bonds is 5. The molecule has 140 valence electrons. The van der Waals surface area contributed by atoms with Crippen molar-refractivity contribution in [3.05, 3.63) is 71.0 Å². The average Bonchev–Trinajstić information content (AvgIpc) is 2.81. The van der Waals surface area contributed by atoms with Crippen LogP contribution < -0.4 is 10.1 Å². The van der Waals surface area contributed by atoms with Gasteiger partial charge in [0.15, 0.2) is 6.61 Å². The van der Waals surface area contributed by atoms with Crippen molar-refractivity contribution in [1.82, 2.24) is 10.2 Å². The molecule has 1 aliphatic rings. The Bertz CT molecular complexity index is 865. The Labute approximate surface area is 157 Å². The third kappa shape index (κ3) is 4.94. The van der Waals surface area contributed by atoms with Crippen LogP contribution in [0.2, 0.25) is 0 Å². The van der Waals surface area contributed by atoms with Gasteiger partial charge in [-0.1, -0.05) is 30.3 Å². The minimum absolute atomic E-state index is 0.0977. The lowest BCUT2D eigenvalue weighted by molar-refractivity contribution is -0.133. The number of fused-ring (bicyclic) bond motifs is 1. The Morgan fingerprint density at radius 1 is 1.26 bits per heavy atom. The van der Waals surface area contributed by atoms with Gasteiger partial charge in [-0.05, 0) is 36.8 Å². The minimum Gasteiger partial charge on any atom is -0.483 e. The van der Waals surface area contributed by atoms with Crippen molar-refractivity contribution >= 4 is 17.9 Å². The molecule has 0 aliphatic carbocycles. The number of carbonyl (C=O) groups is 2. The number of hydrogen-bond donors (Lipinski definition) is 1. The first-order valence-electron chi connectivity index (χ1n) is 8.73. The molecular weight excluding hydrogens is 347 g/mol. The van der Waals surface area contributed by atoms with E-state index in [1.807, 2.05) is 30.3 Å². The third-order valence-electron chi connectivity index (χ3n) is 4.30. The molecule has 0 saturated heterocycles. The highest BCUT2D eigenvalue weighted by atomic mass is 19.1. The first kappa shape index (κ1) is 18.6. The van der Waals surface area contributed by atoms with Crippen LogP contribution in [0.4, 0.5) is 4.39 Å². The molecule has 0 atom stereocenters. The van der Waals surface area contributed by atoms with Crippen molar-refractivity contribution in [2.75, 3.05) is 19.7 Å². The molecular formula is C21H21FN2O3. The van der Waals surface area contributed by atoms with Gasteiger partial charge in [0.25, 0.3) is 5.91 Å². The van der Waals surface area contributed by atoms with Gasteiger partial charge in [0.05, 0.1) is 0 Å². The number of halogens is 1. The van der Waals surface area contributed by atoms with E-state index < -0.39 is 0 Å². The summed E-state index contributed by atoms with van der Waals surface area (Å²) in [5.41, 5.74) is 2.15. The summed E-state index contributed by atoms with van der Waals surface area (Å²) in [5, 5.41) is 2.81. The maximum Gasteiger partial charge on any atom is 0.260 e. The van der Waals surface area contributed by atoms with E-state index in [0.717, 1.165) is 5.56 Å². The van der Waals surface area contributed by atoms with Crippen LogP contribution >= 0.6 is 0 Å². The quantitative estimate of drug-likeness (QED) is 0.826. The molecule has 1 aliphatic heterocycles. The second-order valence-electron chi connectivity index (χ2n) is 6.35. The summed E-state index contributed by atoms with van der Waals surface area (Å²) in [7, 11) is 0. The van der Waals surface area contributed by atoms with E-state index >= 15 is 0 Å². The largest absolute Gasteiger partial charge is 0.483 e. The lowest BCUT2D eigenvalue weighted by Gasteiger charge is -2.20. The standard InChI is InChI=1S/C21H21FN2O3/c1-15(11-16-5-3-2-4-6-16)21(26)23-9-10-24-13-17-12-18(22)7-8-19(17)27-14-20(24)25/h2-8,11-12H,9-10,13-14H2,1H3,(H,23,26). The second-order valence-corrected chi connectivity index (χ2v) is 6.35. The van der Waals surface area contributed by atoms with Gasteiger partial charge in [-0.3, -0.25) is 9.59 Å². The number of hydrogen-bond acceptors (Lipinski definition) is 3. The molecule has 6 heteroatoms. The summed E-state index contributed by atoms with van der Waals surface area (Å²) in [6.07, 6.45) is 1.80. The lowest BCUT2D eigenvalue weighted by atomic mass is 10.1. The van der Waals surface area contributed by atoms with E-state index in [0.29, 0.717) is 30.0 Å². The van der Waals surface area contributed by atoms with Crippen molar-refractivity contribution in [2.24, 2.45) is 0 Å². The third-order valence-corrected chi connectivity index (χ3v) is 4.30. The number of ether oxygens (including phenoxy) is 1. The zero-order valence-electron chi connectivity index (χ0n) is 15.1. The first-order valence-corrected chi connectivity index (χ1v) is 8.73. The summed E-state index contributed by atoms with van der Waals surface area (Å²) in [6, 6.07) is 13.8. The molecule has 5 nitrogen and oxygen atoms in total. The Hall–Kier alpha value is -3.15. The van der Waals surface area contributed by atoms with Crippen LogP contribution in [0.15, 0.2) is 54.1 Å². The predicted molar refractivity (Wildman–Crippen MR) is 100 cm³/mol. The highest BCUT2D eigenvalue weighted by Crippen LogP contribution is 2.24. The van der Waals surface area contributed by atoms with Gasteiger partial charge in [0, 0.05) is 30.8 Å². The van der Waals surface area contributed by atoms with Crippen molar-refractivity contribution in [2.45, 2.75) is 13.5 Å². The first-order chi connectivity index (χ1) is 13.0. The van der Waals surface area contributed by atoms with Crippen LogP contribution in [0.1, 0.15) is 18.1 Å². The number of carbonyl (C=O) groups excluding carboxylic acids is 2. The fourth-order valence-corrected chi connectivity index (χ4v) is 2.85. The number of amides is 2. The predicted octanol–water partition coefficient (Wildman–Crippen LogP) is 2.77. The molecule has 0 aromatic heterocycles. The van der Waals surface area contributed by atoms with Crippen LogP contribution in [0, 0.1) is 5.82 Å². The fourth-order valence-electron chi connectivity index (χ4n) is 2.85. The van der Waals surface area contributed by atoms with Gasteiger partial charge in [-0.25, -0.2) is 4.39 Å². The molecule has 1 heterocycles. The monoisotopic (exact) mass is 368 g/mol. The van der Waals surface area contributed by atoms with E-state index in [4.69, 9.17) is 4.74 Å². The SMILES string of the molecule is CC(=Cc1ccccc1)C(=O)NCCN1Cc2cc(F)ccc2OCC1=O. The van der Waals surface area contributed by atoms with Crippen LogP contribution in [-0.2, 0) is 16.1 Å². The van der Waals surface area contributed by atoms with Gasteiger partial charge in [-0.15, -0.1) is 0 Å². The number of benzene rings is 2. The van der Waals surface area contributed by atoms with E-state index in [9.17, 15) is 14.0 Å². The summed E-state index contributed by atoms with van der Waals surface area (Å²) in [4.78, 5) is 26.0. The summed E-state index contributed by atoms with van der Waals surface area (Å²) in [5.74, 6) is -0.249. The topological polar surface area (TPSA) is 58.6 Å². The molecule has 0 spiro atoms. The normalized spacial score (nSPS) is 14.2. The maximum absolute atomic E-state index is 13.5. The minimum atomic E-state index is -0.373. The van der Waals surface area contributed by atoms with E-state index in [1.165, 1.54) is 18.2 Å². The van der Waals surface area contributed by atoms with Gasteiger partial charge in [0.2, 0.25) is 5.91 Å². The Balaban J connectivity index is 1.57. The van der Waals surface area contributed by atoms with Gasteiger partial charge in [0.1, 0.15) is 11.6 Å². The Morgan fingerprint density at radius 2 is 2.04 bits per heavy atom. The molecule has 0 unspecified atom stereocenters. The van der Waals surface area contributed by atoms with Gasteiger partial charge >= 0.3 is 0 Å². The van der Waals surface area contributed by atoms with Crippen LogP contribution in [0.25, 0.3) is 6.08 Å². The molecule has 2 aromatic carbocycles. The van der Waals surface area contributed by atoms with E-state index in [1.54, 1.807) is 17.9 Å². The second kappa shape index (κ2) is 8.49. The van der Waals surface area contributed by atoms with Crippen molar-refractivity contribution in [3.8, 4) is 5.75 Å². The zero-order valence-corrected chi connectivity index (χ0v) is 15.1. The van der Waals surface area contributed by atoms with Crippen molar-refractivity contribution in [1.29, 1.82) is 0 Å². The van der Waals surface area contributed by atoms with Crippen LogP contribution in [-0.4, -0.2) is 36.4 Å². The summed E-state index contributed by atoms with van der Waals surface area (Å²) in [6.45, 7) is 2.52. The van der Waals surface area contributed by atoms with Crippen molar-refractivity contribution in [3.63, 3.8) is 0 Å². The maximum atomic E-state index is 13.5. The Kier molecular flexibility index (Phi) is 5.86. The molecule has 0 saturated carbocycles. The molecule has 2 aromatic rings. The lowest BCUT2D eigenvalue weighted by Crippen LogP contribution is -2.39. The summed E-state index contributed by atoms with van der Waals surface area (Å²) < 4.78 is 18.9.